The fourth-order valence-corrected chi connectivity index (χ4v) is 3.19. The van der Waals surface area contributed by atoms with E-state index in [0.717, 1.165) is 0 Å². The first-order valence-corrected chi connectivity index (χ1v) is 6.89. The summed E-state index contributed by atoms with van der Waals surface area (Å²) in [4.78, 5) is 25.2. The Morgan fingerprint density at radius 3 is 2.59 bits per heavy atom. The van der Waals surface area contributed by atoms with Gasteiger partial charge in [-0.1, -0.05) is 0 Å². The number of aliphatic hydroxyl groups is 2. The molecule has 0 heterocycles. The molecule has 1 aromatic rings. The van der Waals surface area contributed by atoms with Crippen LogP contribution in [-0.2, 0) is 0 Å². The van der Waals surface area contributed by atoms with Gasteiger partial charge in [0.15, 0.2) is 11.6 Å². The first-order valence-electron chi connectivity index (χ1n) is 6.89. The van der Waals surface area contributed by atoms with E-state index in [0.29, 0.717) is 0 Å². The van der Waals surface area contributed by atoms with Gasteiger partial charge in [-0.05, 0) is 13.0 Å². The van der Waals surface area contributed by atoms with Gasteiger partial charge < -0.3 is 20.1 Å². The first kappa shape index (κ1) is 14.7. The van der Waals surface area contributed by atoms with Crippen LogP contribution in [0.15, 0.2) is 23.3 Å². The minimum atomic E-state index is -1.27. The van der Waals surface area contributed by atoms with Crippen molar-refractivity contribution in [2.75, 3.05) is 7.11 Å². The summed E-state index contributed by atoms with van der Waals surface area (Å²) in [6, 6.07) is 2.63. The minimum absolute atomic E-state index is 0.0108. The topological polar surface area (TPSA) is 104 Å². The van der Waals surface area contributed by atoms with Gasteiger partial charge in [-0.15, -0.1) is 0 Å². The molecule has 0 fully saturated rings. The SMILES string of the molecule is COc1cc(O)c2c(c1)C(=O)C1=C(C[C@@](C)(O)C[C@H]1O)C2=O. The maximum absolute atomic E-state index is 12.6. The number of fused-ring (bicyclic) bond motifs is 1. The number of ether oxygens (including phenoxy) is 1. The highest BCUT2D eigenvalue weighted by molar-refractivity contribution is 6.28. The Morgan fingerprint density at radius 1 is 1.27 bits per heavy atom. The second kappa shape index (κ2) is 4.66. The van der Waals surface area contributed by atoms with Crippen molar-refractivity contribution in [2.45, 2.75) is 31.5 Å². The van der Waals surface area contributed by atoms with Crippen LogP contribution in [0.25, 0.3) is 0 Å². The van der Waals surface area contributed by atoms with Crippen LogP contribution in [0.4, 0.5) is 0 Å². The zero-order chi connectivity index (χ0) is 16.2. The second-order valence-electron chi connectivity index (χ2n) is 6.01. The molecule has 0 spiro atoms. The fourth-order valence-electron chi connectivity index (χ4n) is 3.19. The Morgan fingerprint density at radius 2 is 1.95 bits per heavy atom. The van der Waals surface area contributed by atoms with Gasteiger partial charge >= 0.3 is 0 Å². The van der Waals surface area contributed by atoms with Gasteiger partial charge in [0.25, 0.3) is 0 Å². The summed E-state index contributed by atoms with van der Waals surface area (Å²) in [6.45, 7) is 1.50. The molecular weight excluding hydrogens is 288 g/mol. The van der Waals surface area contributed by atoms with Crippen molar-refractivity contribution in [3.63, 3.8) is 0 Å². The van der Waals surface area contributed by atoms with Crippen molar-refractivity contribution in [1.82, 2.24) is 0 Å². The molecule has 0 amide bonds. The van der Waals surface area contributed by atoms with E-state index < -0.39 is 23.3 Å². The molecule has 6 heteroatoms. The standard InChI is InChI=1S/C16H16O6/c1-16(21)5-9-13(11(18)6-16)14(19)8-3-7(22-2)4-10(17)12(8)15(9)20/h3-4,11,17-18,21H,5-6H2,1-2H3/t11-,16-/m1/s1. The summed E-state index contributed by atoms with van der Waals surface area (Å²) in [5, 5.41) is 30.4. The van der Waals surface area contributed by atoms with Gasteiger partial charge in [0.2, 0.25) is 0 Å². The normalized spacial score (nSPS) is 27.5. The third-order valence-corrected chi connectivity index (χ3v) is 4.17. The number of aromatic hydroxyl groups is 1. The maximum Gasteiger partial charge on any atom is 0.194 e. The first-order chi connectivity index (χ1) is 10.2. The molecule has 22 heavy (non-hydrogen) atoms. The van der Waals surface area contributed by atoms with Crippen LogP contribution in [0.1, 0.15) is 40.5 Å². The quantitative estimate of drug-likeness (QED) is 0.714. The van der Waals surface area contributed by atoms with E-state index in [1.54, 1.807) is 0 Å². The molecule has 2 aliphatic rings. The molecule has 0 saturated carbocycles. The molecule has 0 radical (unpaired) electrons. The average molecular weight is 304 g/mol. The van der Waals surface area contributed by atoms with Crippen LogP contribution < -0.4 is 4.74 Å². The van der Waals surface area contributed by atoms with Gasteiger partial charge in [0.1, 0.15) is 11.5 Å². The van der Waals surface area contributed by atoms with E-state index in [1.807, 2.05) is 0 Å². The monoisotopic (exact) mass is 304 g/mol. The Hall–Kier alpha value is -2.18. The molecule has 0 unspecified atom stereocenters. The van der Waals surface area contributed by atoms with E-state index in [9.17, 15) is 24.9 Å². The summed E-state index contributed by atoms with van der Waals surface area (Å²) < 4.78 is 5.00. The fraction of sp³-hybridized carbons (Fsp3) is 0.375. The summed E-state index contributed by atoms with van der Waals surface area (Å²) in [6.07, 6.45) is -1.26. The number of carbonyl (C=O) groups is 2. The highest BCUT2D eigenvalue weighted by Gasteiger charge is 2.44. The third-order valence-electron chi connectivity index (χ3n) is 4.17. The van der Waals surface area contributed by atoms with Crippen LogP contribution in [0.5, 0.6) is 11.5 Å². The number of ketones is 2. The van der Waals surface area contributed by atoms with E-state index in [2.05, 4.69) is 0 Å². The maximum atomic E-state index is 12.6. The van der Waals surface area contributed by atoms with E-state index in [4.69, 9.17) is 4.74 Å². The van der Waals surface area contributed by atoms with Crippen LogP contribution in [0.2, 0.25) is 0 Å². The van der Waals surface area contributed by atoms with Crippen molar-refractivity contribution in [2.24, 2.45) is 0 Å². The lowest BCUT2D eigenvalue weighted by molar-refractivity contribution is 0.00374. The Labute approximate surface area is 126 Å². The Bertz CT molecular complexity index is 728. The molecule has 6 nitrogen and oxygen atoms in total. The third kappa shape index (κ3) is 2.03. The van der Waals surface area contributed by atoms with E-state index >= 15 is 0 Å². The molecule has 0 saturated heterocycles. The van der Waals surface area contributed by atoms with Crippen molar-refractivity contribution in [3.8, 4) is 11.5 Å². The summed E-state index contributed by atoms with van der Waals surface area (Å²) >= 11 is 0. The number of benzene rings is 1. The zero-order valence-corrected chi connectivity index (χ0v) is 12.2. The van der Waals surface area contributed by atoms with Crippen LogP contribution in [-0.4, -0.2) is 45.7 Å². The number of phenols is 1. The number of phenolic OH excluding ortho intramolecular Hbond substituents is 1. The molecule has 2 aliphatic carbocycles. The largest absolute Gasteiger partial charge is 0.507 e. The molecule has 116 valence electrons. The lowest BCUT2D eigenvalue weighted by atomic mass is 9.71. The van der Waals surface area contributed by atoms with E-state index in [-0.39, 0.29) is 46.6 Å². The molecular formula is C16H16O6. The molecule has 2 atom stereocenters. The second-order valence-corrected chi connectivity index (χ2v) is 6.01. The number of hydrogen-bond donors (Lipinski definition) is 3. The number of rotatable bonds is 1. The lowest BCUT2D eigenvalue weighted by Gasteiger charge is -2.36. The number of methoxy groups -OCH3 is 1. The number of carbonyl (C=O) groups excluding carboxylic acids is 2. The molecule has 0 bridgehead atoms. The summed E-state index contributed by atoms with van der Waals surface area (Å²) in [5.74, 6) is -1.15. The summed E-state index contributed by atoms with van der Waals surface area (Å²) in [5.41, 5.74) is -1.28. The van der Waals surface area contributed by atoms with Gasteiger partial charge in [0.05, 0.1) is 24.4 Å². The lowest BCUT2D eigenvalue weighted by Crippen LogP contribution is -2.42. The van der Waals surface area contributed by atoms with Gasteiger partial charge in [-0.25, -0.2) is 0 Å². The number of aliphatic hydroxyl groups excluding tert-OH is 1. The van der Waals surface area contributed by atoms with E-state index in [1.165, 1.54) is 26.2 Å². The van der Waals surface area contributed by atoms with Crippen LogP contribution >= 0.6 is 0 Å². The number of hydrogen-bond acceptors (Lipinski definition) is 6. The highest BCUT2D eigenvalue weighted by atomic mass is 16.5. The van der Waals surface area contributed by atoms with Gasteiger partial charge in [-0.3, -0.25) is 9.59 Å². The van der Waals surface area contributed by atoms with Gasteiger partial charge in [0, 0.05) is 35.6 Å². The number of Topliss-reactive ketones (excluding diaryl/α,β-unsaturated/α-hetero) is 2. The van der Waals surface area contributed by atoms with Crippen molar-refractivity contribution >= 4 is 11.6 Å². The zero-order valence-electron chi connectivity index (χ0n) is 12.2. The predicted molar refractivity (Wildman–Crippen MR) is 76.2 cm³/mol. The minimum Gasteiger partial charge on any atom is -0.507 e. The molecule has 0 aromatic heterocycles. The van der Waals surface area contributed by atoms with Crippen LogP contribution in [0, 0.1) is 0 Å². The highest BCUT2D eigenvalue weighted by Crippen LogP contribution is 2.42. The van der Waals surface area contributed by atoms with Crippen LogP contribution in [0.3, 0.4) is 0 Å². The summed E-state index contributed by atoms with van der Waals surface area (Å²) in [7, 11) is 1.38. The van der Waals surface area contributed by atoms with Crippen molar-refractivity contribution in [1.29, 1.82) is 0 Å². The van der Waals surface area contributed by atoms with Crippen molar-refractivity contribution < 1.29 is 29.6 Å². The smallest absolute Gasteiger partial charge is 0.194 e. The average Bonchev–Trinajstić information content (AvgIpc) is 2.42. The molecule has 0 aliphatic heterocycles. The Balaban J connectivity index is 2.23. The predicted octanol–water partition coefficient (Wildman–Crippen LogP) is 0.982. The molecule has 3 rings (SSSR count). The van der Waals surface area contributed by atoms with Crippen molar-refractivity contribution in [3.05, 3.63) is 34.4 Å². The van der Waals surface area contributed by atoms with Gasteiger partial charge in [-0.2, -0.15) is 0 Å². The Kier molecular flexibility index (Phi) is 3.12. The molecule has 3 N–H and O–H groups in total. The molecule has 1 aromatic carbocycles.